The Bertz CT molecular complexity index is 574. The fourth-order valence-electron chi connectivity index (χ4n) is 2.87. The molecule has 1 aliphatic rings. The van der Waals surface area contributed by atoms with Crippen molar-refractivity contribution in [2.75, 3.05) is 6.54 Å². The van der Waals surface area contributed by atoms with Crippen LogP contribution in [0.4, 0.5) is 0 Å². The topological polar surface area (TPSA) is 63.4 Å². The molecule has 1 saturated heterocycles. The minimum atomic E-state index is -0.310. The molecular weight excluding hydrogens is 300 g/mol. The largest absolute Gasteiger partial charge is 0.369 e. The van der Waals surface area contributed by atoms with E-state index in [2.05, 4.69) is 0 Å². The predicted octanol–water partition coefficient (Wildman–Crippen LogP) is 2.69. The van der Waals surface area contributed by atoms with E-state index in [1.54, 1.807) is 4.90 Å². The van der Waals surface area contributed by atoms with Crippen molar-refractivity contribution in [3.63, 3.8) is 0 Å². The van der Waals surface area contributed by atoms with E-state index in [-0.39, 0.29) is 23.8 Å². The standard InChI is InChI=1S/C17H23ClN2O2/c1-11-3-5-13(9-15(11)18)6-8-16(21)20-10-14(17(19)22)7-4-12(20)2/h3,5,9,12,14H,4,6-8,10H2,1-2H3,(H2,19,22). The molecule has 0 radical (unpaired) electrons. The molecule has 2 N–H and O–H groups in total. The summed E-state index contributed by atoms with van der Waals surface area (Å²) in [5, 5.41) is 0.727. The first kappa shape index (κ1) is 16.8. The van der Waals surface area contributed by atoms with Crippen molar-refractivity contribution in [1.29, 1.82) is 0 Å². The van der Waals surface area contributed by atoms with Crippen LogP contribution in [0.2, 0.25) is 5.02 Å². The van der Waals surface area contributed by atoms with Crippen LogP contribution in [0.15, 0.2) is 18.2 Å². The normalized spacial score (nSPS) is 21.7. The second kappa shape index (κ2) is 7.14. The molecule has 1 aromatic rings. The van der Waals surface area contributed by atoms with E-state index in [9.17, 15) is 9.59 Å². The van der Waals surface area contributed by atoms with E-state index in [0.29, 0.717) is 19.4 Å². The molecule has 120 valence electrons. The van der Waals surface area contributed by atoms with Crippen molar-refractivity contribution in [2.45, 2.75) is 45.6 Å². The van der Waals surface area contributed by atoms with Gasteiger partial charge in [0.25, 0.3) is 0 Å². The average molecular weight is 323 g/mol. The fraction of sp³-hybridized carbons (Fsp3) is 0.529. The van der Waals surface area contributed by atoms with Crippen molar-refractivity contribution in [2.24, 2.45) is 11.7 Å². The molecule has 2 atom stereocenters. The molecule has 2 amide bonds. The van der Waals surface area contributed by atoms with Gasteiger partial charge in [-0.2, -0.15) is 0 Å². The Kier molecular flexibility index (Phi) is 5.46. The molecule has 2 rings (SSSR count). The first-order chi connectivity index (χ1) is 10.4. The number of rotatable bonds is 4. The highest BCUT2D eigenvalue weighted by Gasteiger charge is 2.31. The third-order valence-electron chi connectivity index (χ3n) is 4.47. The maximum absolute atomic E-state index is 12.4. The molecule has 2 unspecified atom stereocenters. The third kappa shape index (κ3) is 4.01. The second-order valence-corrected chi connectivity index (χ2v) is 6.56. The van der Waals surface area contributed by atoms with Crippen molar-refractivity contribution in [3.05, 3.63) is 34.3 Å². The molecule has 1 heterocycles. The second-order valence-electron chi connectivity index (χ2n) is 6.16. The van der Waals surface area contributed by atoms with Crippen LogP contribution in [-0.2, 0) is 16.0 Å². The lowest BCUT2D eigenvalue weighted by Gasteiger charge is -2.37. The fourth-order valence-corrected chi connectivity index (χ4v) is 3.08. The van der Waals surface area contributed by atoms with Crippen LogP contribution in [0.25, 0.3) is 0 Å². The number of primary amides is 1. The number of nitrogens with two attached hydrogens (primary N) is 1. The highest BCUT2D eigenvalue weighted by Crippen LogP contribution is 2.23. The minimum Gasteiger partial charge on any atom is -0.369 e. The number of nitrogens with zero attached hydrogens (tertiary/aromatic N) is 1. The summed E-state index contributed by atoms with van der Waals surface area (Å²) in [6.45, 7) is 4.43. The van der Waals surface area contributed by atoms with Gasteiger partial charge in [0.2, 0.25) is 11.8 Å². The molecule has 1 aliphatic heterocycles. The zero-order valence-electron chi connectivity index (χ0n) is 13.1. The van der Waals surface area contributed by atoms with Gasteiger partial charge < -0.3 is 10.6 Å². The number of hydrogen-bond acceptors (Lipinski definition) is 2. The number of amides is 2. The monoisotopic (exact) mass is 322 g/mol. The molecule has 0 aromatic heterocycles. The third-order valence-corrected chi connectivity index (χ3v) is 4.88. The molecule has 0 spiro atoms. The molecule has 1 fully saturated rings. The molecule has 1 aromatic carbocycles. The molecule has 0 bridgehead atoms. The van der Waals surface area contributed by atoms with E-state index in [0.717, 1.165) is 29.0 Å². The van der Waals surface area contributed by atoms with E-state index < -0.39 is 0 Å². The van der Waals surface area contributed by atoms with Crippen LogP contribution in [0.1, 0.15) is 37.3 Å². The first-order valence-electron chi connectivity index (χ1n) is 7.72. The van der Waals surface area contributed by atoms with Gasteiger partial charge in [-0.15, -0.1) is 0 Å². The summed E-state index contributed by atoms with van der Waals surface area (Å²) in [6.07, 6.45) is 2.68. The van der Waals surface area contributed by atoms with Gasteiger partial charge in [-0.05, 0) is 50.3 Å². The van der Waals surface area contributed by atoms with Crippen LogP contribution in [0, 0.1) is 12.8 Å². The van der Waals surface area contributed by atoms with Gasteiger partial charge in [-0.3, -0.25) is 9.59 Å². The van der Waals surface area contributed by atoms with Crippen molar-refractivity contribution in [1.82, 2.24) is 4.90 Å². The van der Waals surface area contributed by atoms with Crippen LogP contribution in [-0.4, -0.2) is 29.3 Å². The van der Waals surface area contributed by atoms with Gasteiger partial charge in [-0.25, -0.2) is 0 Å². The Morgan fingerprint density at radius 2 is 2.09 bits per heavy atom. The van der Waals surface area contributed by atoms with Gasteiger partial charge in [0, 0.05) is 24.0 Å². The number of aryl methyl sites for hydroxylation is 2. The van der Waals surface area contributed by atoms with E-state index in [4.69, 9.17) is 17.3 Å². The van der Waals surface area contributed by atoms with Crippen LogP contribution in [0.3, 0.4) is 0 Å². The van der Waals surface area contributed by atoms with Crippen molar-refractivity contribution < 1.29 is 9.59 Å². The number of carbonyl (C=O) groups excluding carboxylic acids is 2. The summed E-state index contributed by atoms with van der Waals surface area (Å²) in [4.78, 5) is 25.6. The number of piperidine rings is 1. The van der Waals surface area contributed by atoms with E-state index in [1.807, 2.05) is 32.0 Å². The summed E-state index contributed by atoms with van der Waals surface area (Å²) in [5.74, 6) is -0.445. The Morgan fingerprint density at radius 3 is 2.73 bits per heavy atom. The van der Waals surface area contributed by atoms with Gasteiger partial charge in [0.15, 0.2) is 0 Å². The number of hydrogen-bond donors (Lipinski definition) is 1. The lowest BCUT2D eigenvalue weighted by molar-refractivity contribution is -0.137. The average Bonchev–Trinajstić information content (AvgIpc) is 2.48. The predicted molar refractivity (Wildman–Crippen MR) is 87.6 cm³/mol. The molecule has 0 saturated carbocycles. The van der Waals surface area contributed by atoms with Crippen LogP contribution < -0.4 is 5.73 Å². The van der Waals surface area contributed by atoms with Crippen LogP contribution in [0.5, 0.6) is 0 Å². The Labute approximate surface area is 136 Å². The van der Waals surface area contributed by atoms with Gasteiger partial charge in [0.05, 0.1) is 5.92 Å². The Balaban J connectivity index is 1.95. The highest BCUT2D eigenvalue weighted by atomic mass is 35.5. The van der Waals surface area contributed by atoms with E-state index in [1.165, 1.54) is 0 Å². The Morgan fingerprint density at radius 1 is 1.36 bits per heavy atom. The van der Waals surface area contributed by atoms with Crippen molar-refractivity contribution >= 4 is 23.4 Å². The number of halogens is 1. The summed E-state index contributed by atoms with van der Waals surface area (Å²) in [7, 11) is 0. The maximum atomic E-state index is 12.4. The maximum Gasteiger partial charge on any atom is 0.223 e. The molecule has 5 heteroatoms. The van der Waals surface area contributed by atoms with Gasteiger partial charge in [-0.1, -0.05) is 23.7 Å². The highest BCUT2D eigenvalue weighted by molar-refractivity contribution is 6.31. The zero-order chi connectivity index (χ0) is 16.3. The summed E-state index contributed by atoms with van der Waals surface area (Å²) in [6, 6.07) is 6.05. The number of carbonyl (C=O) groups is 2. The van der Waals surface area contributed by atoms with Crippen LogP contribution >= 0.6 is 11.6 Å². The summed E-state index contributed by atoms with van der Waals surface area (Å²) < 4.78 is 0. The SMILES string of the molecule is Cc1ccc(CCC(=O)N2CC(C(N)=O)CCC2C)cc1Cl. The molecular formula is C17H23ClN2O2. The molecule has 4 nitrogen and oxygen atoms in total. The summed E-state index contributed by atoms with van der Waals surface area (Å²) >= 11 is 6.11. The molecule has 22 heavy (non-hydrogen) atoms. The first-order valence-corrected chi connectivity index (χ1v) is 8.10. The van der Waals surface area contributed by atoms with Gasteiger partial charge in [0.1, 0.15) is 0 Å². The van der Waals surface area contributed by atoms with Gasteiger partial charge >= 0.3 is 0 Å². The summed E-state index contributed by atoms with van der Waals surface area (Å²) in [5.41, 5.74) is 7.47. The number of benzene rings is 1. The molecule has 0 aliphatic carbocycles. The quantitative estimate of drug-likeness (QED) is 0.926. The lowest BCUT2D eigenvalue weighted by Crippen LogP contribution is -2.48. The number of likely N-dealkylation sites (tertiary alicyclic amines) is 1. The smallest absolute Gasteiger partial charge is 0.223 e. The lowest BCUT2D eigenvalue weighted by atomic mass is 9.92. The zero-order valence-corrected chi connectivity index (χ0v) is 13.9. The minimum absolute atomic E-state index is 0.0788. The van der Waals surface area contributed by atoms with Crippen molar-refractivity contribution in [3.8, 4) is 0 Å². The Hall–Kier alpha value is -1.55. The van der Waals surface area contributed by atoms with E-state index >= 15 is 0 Å².